The molecule has 0 saturated carbocycles. The lowest BCUT2D eigenvalue weighted by atomic mass is 10.1. The molecule has 2 aromatic carbocycles. The van der Waals surface area contributed by atoms with Crippen LogP contribution in [-0.4, -0.2) is 18.3 Å². The van der Waals surface area contributed by atoms with Gasteiger partial charge in [0.2, 0.25) is 6.17 Å². The number of hydrogen-bond acceptors (Lipinski definition) is 3. The van der Waals surface area contributed by atoms with Crippen LogP contribution in [0.5, 0.6) is 0 Å². The molecule has 0 saturated heterocycles. The maximum absolute atomic E-state index is 14.0. The summed E-state index contributed by atoms with van der Waals surface area (Å²) in [6.07, 6.45) is -6.44. The van der Waals surface area contributed by atoms with Crippen molar-refractivity contribution in [2.45, 2.75) is 57.7 Å². The third-order valence-corrected chi connectivity index (χ3v) is 4.74. The summed E-state index contributed by atoms with van der Waals surface area (Å²) in [4.78, 5) is 12.0. The van der Waals surface area contributed by atoms with Gasteiger partial charge in [0.25, 0.3) is 5.91 Å². The van der Waals surface area contributed by atoms with Crippen LogP contribution in [0.3, 0.4) is 0 Å². The number of nitrogens with one attached hydrogen (secondary N) is 2. The molecule has 4 N–H and O–H groups in total. The molecule has 0 spiro atoms. The molecule has 31 heavy (non-hydrogen) atoms. The predicted octanol–water partition coefficient (Wildman–Crippen LogP) is 6.09. The number of alkyl halides is 5. The number of anilines is 3. The Labute approximate surface area is 178 Å². The minimum absolute atomic E-state index is 0.0231. The van der Waals surface area contributed by atoms with E-state index in [0.29, 0.717) is 17.7 Å². The van der Waals surface area contributed by atoms with E-state index < -0.39 is 30.0 Å². The number of amides is 1. The topological polar surface area (TPSA) is 67.2 Å². The minimum Gasteiger partial charge on any atom is -0.397 e. The van der Waals surface area contributed by atoms with E-state index in [1.165, 1.54) is 24.3 Å². The van der Waals surface area contributed by atoms with E-state index in [4.69, 9.17) is 5.73 Å². The summed E-state index contributed by atoms with van der Waals surface area (Å²) in [7, 11) is 0. The van der Waals surface area contributed by atoms with Crippen molar-refractivity contribution < 1.29 is 26.7 Å². The smallest absolute Gasteiger partial charge is 0.397 e. The quantitative estimate of drug-likeness (QED) is 0.236. The average molecular weight is 443 g/mol. The van der Waals surface area contributed by atoms with Crippen molar-refractivity contribution in [2.24, 2.45) is 0 Å². The van der Waals surface area contributed by atoms with Crippen molar-refractivity contribution in [3.05, 3.63) is 53.6 Å². The fraction of sp³-hybridized carbons (Fsp3) is 0.409. The molecule has 1 amide bonds. The Balaban J connectivity index is 1.91. The second kappa shape index (κ2) is 11.0. The SMILES string of the molecule is CCCCC[C@H](F)[C@H](F)C(=O)Nc1ccc(NCc2ccc(C(F)(F)F)cc2)cc1N. The van der Waals surface area contributed by atoms with Gasteiger partial charge in [-0.1, -0.05) is 38.3 Å². The van der Waals surface area contributed by atoms with Crippen molar-refractivity contribution in [3.8, 4) is 0 Å². The molecule has 170 valence electrons. The molecule has 4 nitrogen and oxygen atoms in total. The molecule has 2 rings (SSSR count). The maximum Gasteiger partial charge on any atom is 0.416 e. The van der Waals surface area contributed by atoms with Crippen LogP contribution in [0.1, 0.15) is 43.7 Å². The maximum atomic E-state index is 14.0. The number of unbranched alkanes of at least 4 members (excludes halogenated alkanes) is 2. The normalized spacial score (nSPS) is 13.5. The van der Waals surface area contributed by atoms with Gasteiger partial charge in [-0.05, 0) is 42.3 Å². The van der Waals surface area contributed by atoms with E-state index in [0.717, 1.165) is 25.0 Å². The Kier molecular flexibility index (Phi) is 8.65. The molecule has 2 aromatic rings. The standard InChI is InChI=1S/C22H26F5N3O/c1-2-3-4-5-17(23)20(24)21(31)30-19-11-10-16(12-18(19)28)29-13-14-6-8-15(9-7-14)22(25,26)27/h6-12,17,20,29H,2-5,13,28H2,1H3,(H,30,31)/t17-,20-/m0/s1. The van der Waals surface area contributed by atoms with E-state index in [-0.39, 0.29) is 24.3 Å². The molecule has 0 fully saturated rings. The van der Waals surface area contributed by atoms with Crippen molar-refractivity contribution >= 4 is 23.0 Å². The van der Waals surface area contributed by atoms with Gasteiger partial charge in [0.1, 0.15) is 6.17 Å². The summed E-state index contributed by atoms with van der Waals surface area (Å²) in [5.74, 6) is -1.10. The Morgan fingerprint density at radius 1 is 1.06 bits per heavy atom. The van der Waals surface area contributed by atoms with E-state index in [9.17, 15) is 26.7 Å². The first-order valence-electron chi connectivity index (χ1n) is 10.0. The molecular formula is C22H26F5N3O. The Morgan fingerprint density at radius 2 is 1.74 bits per heavy atom. The van der Waals surface area contributed by atoms with E-state index in [1.54, 1.807) is 6.07 Å². The van der Waals surface area contributed by atoms with Gasteiger partial charge >= 0.3 is 6.18 Å². The summed E-state index contributed by atoms with van der Waals surface area (Å²) in [6.45, 7) is 2.19. The minimum atomic E-state index is -4.39. The van der Waals surface area contributed by atoms with Crippen molar-refractivity contribution in [3.63, 3.8) is 0 Å². The first kappa shape index (κ1) is 24.4. The molecular weight excluding hydrogens is 417 g/mol. The number of nitrogen functional groups attached to an aromatic ring is 1. The molecule has 0 radical (unpaired) electrons. The molecule has 0 heterocycles. The van der Waals surface area contributed by atoms with Crippen LogP contribution in [0, 0.1) is 0 Å². The monoisotopic (exact) mass is 443 g/mol. The van der Waals surface area contributed by atoms with Crippen LogP contribution in [0.2, 0.25) is 0 Å². The fourth-order valence-electron chi connectivity index (χ4n) is 2.90. The lowest BCUT2D eigenvalue weighted by Crippen LogP contribution is -2.32. The zero-order valence-corrected chi connectivity index (χ0v) is 17.1. The Hall–Kier alpha value is -2.84. The van der Waals surface area contributed by atoms with Gasteiger partial charge in [-0.2, -0.15) is 13.2 Å². The molecule has 0 aliphatic carbocycles. The predicted molar refractivity (Wildman–Crippen MR) is 112 cm³/mol. The van der Waals surface area contributed by atoms with Crippen molar-refractivity contribution in [2.75, 3.05) is 16.4 Å². The van der Waals surface area contributed by atoms with Gasteiger partial charge in [0.15, 0.2) is 0 Å². The molecule has 0 aliphatic rings. The summed E-state index contributed by atoms with van der Waals surface area (Å²) in [6, 6.07) is 9.22. The average Bonchev–Trinajstić information content (AvgIpc) is 2.73. The fourth-order valence-corrected chi connectivity index (χ4v) is 2.90. The summed E-state index contributed by atoms with van der Waals surface area (Å²) < 4.78 is 65.7. The molecule has 0 unspecified atom stereocenters. The van der Waals surface area contributed by atoms with E-state index >= 15 is 0 Å². The number of carbonyl (C=O) groups is 1. The highest BCUT2D eigenvalue weighted by Gasteiger charge is 2.30. The second-order valence-corrected chi connectivity index (χ2v) is 7.25. The number of rotatable bonds is 10. The van der Waals surface area contributed by atoms with Gasteiger partial charge in [0, 0.05) is 12.2 Å². The van der Waals surface area contributed by atoms with Crippen LogP contribution in [0.15, 0.2) is 42.5 Å². The number of hydrogen-bond donors (Lipinski definition) is 3. The van der Waals surface area contributed by atoms with Crippen LogP contribution in [0.4, 0.5) is 39.0 Å². The van der Waals surface area contributed by atoms with Crippen LogP contribution in [-0.2, 0) is 17.5 Å². The highest BCUT2D eigenvalue weighted by Crippen LogP contribution is 2.29. The Bertz CT molecular complexity index is 855. The Morgan fingerprint density at radius 3 is 2.32 bits per heavy atom. The number of nitrogens with two attached hydrogens (primary N) is 1. The number of benzene rings is 2. The summed E-state index contributed by atoms with van der Waals surface area (Å²) in [5.41, 5.74) is 6.62. The van der Waals surface area contributed by atoms with Crippen LogP contribution in [0.25, 0.3) is 0 Å². The second-order valence-electron chi connectivity index (χ2n) is 7.25. The van der Waals surface area contributed by atoms with Gasteiger partial charge in [-0.3, -0.25) is 4.79 Å². The third-order valence-electron chi connectivity index (χ3n) is 4.74. The zero-order valence-electron chi connectivity index (χ0n) is 17.1. The molecule has 0 aromatic heterocycles. The highest BCUT2D eigenvalue weighted by atomic mass is 19.4. The summed E-state index contributed by atoms with van der Waals surface area (Å²) in [5, 5.41) is 5.29. The van der Waals surface area contributed by atoms with E-state index in [2.05, 4.69) is 10.6 Å². The first-order valence-corrected chi connectivity index (χ1v) is 10.0. The third kappa shape index (κ3) is 7.41. The number of carbonyl (C=O) groups excluding carboxylic acids is 1. The lowest BCUT2D eigenvalue weighted by molar-refractivity contribution is -0.137. The van der Waals surface area contributed by atoms with Crippen molar-refractivity contribution in [1.29, 1.82) is 0 Å². The zero-order chi connectivity index (χ0) is 23.0. The van der Waals surface area contributed by atoms with Gasteiger partial charge in [-0.15, -0.1) is 0 Å². The number of halogens is 5. The molecule has 9 heteroatoms. The highest BCUT2D eigenvalue weighted by molar-refractivity contribution is 5.97. The molecule has 0 bridgehead atoms. The lowest BCUT2D eigenvalue weighted by Gasteiger charge is -2.15. The van der Waals surface area contributed by atoms with Crippen LogP contribution >= 0.6 is 0 Å². The molecule has 0 aliphatic heterocycles. The first-order chi connectivity index (χ1) is 14.6. The van der Waals surface area contributed by atoms with Gasteiger partial charge in [0.05, 0.1) is 16.9 Å². The van der Waals surface area contributed by atoms with Crippen molar-refractivity contribution in [1.82, 2.24) is 0 Å². The largest absolute Gasteiger partial charge is 0.416 e. The van der Waals surface area contributed by atoms with Gasteiger partial charge < -0.3 is 16.4 Å². The van der Waals surface area contributed by atoms with E-state index in [1.807, 2.05) is 6.92 Å². The molecule has 2 atom stereocenters. The van der Waals surface area contributed by atoms with Gasteiger partial charge in [-0.25, -0.2) is 8.78 Å². The summed E-state index contributed by atoms with van der Waals surface area (Å²) >= 11 is 0. The van der Waals surface area contributed by atoms with Crippen LogP contribution < -0.4 is 16.4 Å².